The van der Waals surface area contributed by atoms with Crippen LogP contribution in [-0.2, 0) is 16.2 Å². The molecule has 0 aliphatic heterocycles. The van der Waals surface area contributed by atoms with Gasteiger partial charge >= 0.3 is 0 Å². The van der Waals surface area contributed by atoms with E-state index in [1.54, 1.807) is 0 Å². The van der Waals surface area contributed by atoms with Gasteiger partial charge in [0.25, 0.3) is 0 Å². The second-order valence-electron chi connectivity index (χ2n) is 19.4. The summed E-state index contributed by atoms with van der Waals surface area (Å²) >= 11 is 0. The van der Waals surface area contributed by atoms with Gasteiger partial charge < -0.3 is 4.90 Å². The summed E-state index contributed by atoms with van der Waals surface area (Å²) in [6.45, 7) is 13.9. The molecular formula is C63H55N. The Morgan fingerprint density at radius 2 is 0.734 bits per heavy atom. The Labute approximate surface area is 380 Å². The quantitative estimate of drug-likeness (QED) is 0.148. The van der Waals surface area contributed by atoms with Crippen LogP contribution in [0, 0.1) is 0 Å². The van der Waals surface area contributed by atoms with Crippen LogP contribution in [0.4, 0.5) is 17.1 Å². The highest BCUT2D eigenvalue weighted by Gasteiger charge is 2.46. The van der Waals surface area contributed by atoms with Crippen LogP contribution < -0.4 is 4.90 Å². The first-order chi connectivity index (χ1) is 31.0. The van der Waals surface area contributed by atoms with Crippen molar-refractivity contribution in [2.45, 2.75) is 57.8 Å². The third-order valence-corrected chi connectivity index (χ3v) is 13.3. The first-order valence-electron chi connectivity index (χ1n) is 22.7. The lowest BCUT2D eigenvalue weighted by atomic mass is 9.67. The first kappa shape index (κ1) is 40.8. The average Bonchev–Trinajstić information content (AvgIpc) is 3.63. The number of fused-ring (bicyclic) bond motifs is 3. The molecule has 0 spiro atoms. The molecule has 0 radical (unpaired) electrons. The van der Waals surface area contributed by atoms with E-state index in [1.807, 2.05) is 0 Å². The zero-order valence-electron chi connectivity index (χ0n) is 37.8. The topological polar surface area (TPSA) is 3.24 Å². The van der Waals surface area contributed by atoms with Crippen molar-refractivity contribution in [2.75, 3.05) is 4.90 Å². The van der Waals surface area contributed by atoms with Crippen molar-refractivity contribution in [3.05, 3.63) is 258 Å². The Balaban J connectivity index is 1.15. The minimum Gasteiger partial charge on any atom is -0.310 e. The smallest absolute Gasteiger partial charge is 0.0713 e. The van der Waals surface area contributed by atoms with Crippen LogP contribution in [0.2, 0.25) is 0 Å². The summed E-state index contributed by atoms with van der Waals surface area (Å²) < 4.78 is 0. The lowest BCUT2D eigenvalue weighted by Gasteiger charge is -2.34. The molecule has 1 atom stereocenters. The predicted molar refractivity (Wildman–Crippen MR) is 272 cm³/mol. The summed E-state index contributed by atoms with van der Waals surface area (Å²) in [4.78, 5) is 2.42. The molecule has 312 valence electrons. The first-order valence-corrected chi connectivity index (χ1v) is 22.7. The summed E-state index contributed by atoms with van der Waals surface area (Å²) in [5.41, 5.74) is 20.5. The highest BCUT2D eigenvalue weighted by Crippen LogP contribution is 2.57. The van der Waals surface area contributed by atoms with E-state index in [0.29, 0.717) is 0 Å². The molecule has 10 rings (SSSR count). The molecule has 64 heavy (non-hydrogen) atoms. The van der Waals surface area contributed by atoms with E-state index in [-0.39, 0.29) is 10.8 Å². The van der Waals surface area contributed by atoms with E-state index in [2.05, 4.69) is 271 Å². The van der Waals surface area contributed by atoms with Gasteiger partial charge in [-0.05, 0) is 131 Å². The summed E-state index contributed by atoms with van der Waals surface area (Å²) in [6.07, 6.45) is 0. The Morgan fingerprint density at radius 3 is 1.31 bits per heavy atom. The minimum atomic E-state index is -0.520. The van der Waals surface area contributed by atoms with Crippen LogP contribution in [0.5, 0.6) is 0 Å². The van der Waals surface area contributed by atoms with E-state index in [9.17, 15) is 0 Å². The monoisotopic (exact) mass is 825 g/mol. The van der Waals surface area contributed by atoms with Crippen LogP contribution in [-0.4, -0.2) is 0 Å². The summed E-state index contributed by atoms with van der Waals surface area (Å²) in [7, 11) is 0. The van der Waals surface area contributed by atoms with E-state index in [4.69, 9.17) is 0 Å². The van der Waals surface area contributed by atoms with E-state index in [0.717, 1.165) is 17.1 Å². The highest BCUT2D eigenvalue weighted by molar-refractivity contribution is 5.91. The van der Waals surface area contributed by atoms with Gasteiger partial charge in [-0.15, -0.1) is 0 Å². The number of rotatable bonds is 8. The van der Waals surface area contributed by atoms with Gasteiger partial charge in [0.2, 0.25) is 0 Å². The Kier molecular flexibility index (Phi) is 10.3. The van der Waals surface area contributed by atoms with E-state index >= 15 is 0 Å². The van der Waals surface area contributed by atoms with Gasteiger partial charge in [0.05, 0.1) is 5.41 Å². The molecule has 0 heterocycles. The van der Waals surface area contributed by atoms with Crippen molar-refractivity contribution in [1.29, 1.82) is 0 Å². The average molecular weight is 826 g/mol. The maximum absolute atomic E-state index is 2.43. The van der Waals surface area contributed by atoms with Crippen LogP contribution >= 0.6 is 0 Å². The fourth-order valence-corrected chi connectivity index (χ4v) is 9.79. The molecule has 1 unspecified atom stereocenters. The molecule has 0 fully saturated rings. The Bertz CT molecular complexity index is 3040. The Hall–Kier alpha value is -7.22. The van der Waals surface area contributed by atoms with Gasteiger partial charge in [-0.2, -0.15) is 0 Å². The SMILES string of the molecule is CC(C)(C)c1cc(-c2ccc(N(c3ccc(-c4ccccc4)cc3)c3ccc4c(c3)-c3ccccc3C4(c3ccccc3)c3cccc(-c4ccccc4)c3)cc2)cc(C(C)(C)C)c1. The molecule has 9 aromatic rings. The standard InChI is InChI=1S/C63H55N/c1-61(2,3)52-40-49(41-53(42-52)62(4,5)6)47-31-35-55(36-32-47)64(54-33-29-46(30-34-54)44-19-10-7-11-20-44)56-37-38-60-58(43-56)57-27-16-17-28-59(57)63(60,50-24-14-9-15-25-50)51-26-18-23-48(39-51)45-21-12-8-13-22-45/h7-43H,1-6H3. The number of hydrogen-bond acceptors (Lipinski definition) is 1. The number of benzene rings is 9. The molecule has 1 nitrogen and oxygen atoms in total. The number of nitrogens with zero attached hydrogens (tertiary/aromatic N) is 1. The van der Waals surface area contributed by atoms with Crippen molar-refractivity contribution in [1.82, 2.24) is 0 Å². The fraction of sp³-hybridized carbons (Fsp3) is 0.143. The molecule has 1 aliphatic carbocycles. The fourth-order valence-electron chi connectivity index (χ4n) is 9.79. The normalized spacial score (nSPS) is 14.5. The van der Waals surface area contributed by atoms with Crippen LogP contribution in [0.25, 0.3) is 44.5 Å². The van der Waals surface area contributed by atoms with Gasteiger partial charge in [0.15, 0.2) is 0 Å². The molecular weight excluding hydrogens is 771 g/mol. The number of anilines is 3. The summed E-state index contributed by atoms with van der Waals surface area (Å²) in [5, 5.41) is 0. The number of hydrogen-bond donors (Lipinski definition) is 0. The van der Waals surface area contributed by atoms with Crippen molar-refractivity contribution in [3.8, 4) is 44.5 Å². The zero-order valence-corrected chi connectivity index (χ0v) is 37.8. The summed E-state index contributed by atoms with van der Waals surface area (Å²) in [5.74, 6) is 0. The van der Waals surface area contributed by atoms with Crippen molar-refractivity contribution in [3.63, 3.8) is 0 Å². The second kappa shape index (κ2) is 16.2. The van der Waals surface area contributed by atoms with Crippen LogP contribution in [0.1, 0.15) is 74.9 Å². The van der Waals surface area contributed by atoms with E-state index < -0.39 is 5.41 Å². The van der Waals surface area contributed by atoms with Gasteiger partial charge in [0.1, 0.15) is 0 Å². The molecule has 0 amide bonds. The second-order valence-corrected chi connectivity index (χ2v) is 19.4. The highest BCUT2D eigenvalue weighted by atomic mass is 15.1. The van der Waals surface area contributed by atoms with Gasteiger partial charge in [0, 0.05) is 17.1 Å². The van der Waals surface area contributed by atoms with Gasteiger partial charge in [-0.25, -0.2) is 0 Å². The van der Waals surface area contributed by atoms with Crippen LogP contribution in [0.3, 0.4) is 0 Å². The van der Waals surface area contributed by atoms with Gasteiger partial charge in [-0.1, -0.05) is 224 Å². The molecule has 0 N–H and O–H groups in total. The maximum Gasteiger partial charge on any atom is 0.0713 e. The largest absolute Gasteiger partial charge is 0.310 e. The molecule has 1 aliphatic rings. The van der Waals surface area contributed by atoms with E-state index in [1.165, 1.54) is 77.9 Å². The molecule has 0 saturated carbocycles. The lowest BCUT2D eigenvalue weighted by molar-refractivity contribution is 0.569. The molecule has 0 bridgehead atoms. The third kappa shape index (κ3) is 7.35. The Morgan fingerprint density at radius 1 is 0.297 bits per heavy atom. The van der Waals surface area contributed by atoms with Crippen molar-refractivity contribution in [2.24, 2.45) is 0 Å². The maximum atomic E-state index is 2.43. The minimum absolute atomic E-state index is 0.0354. The van der Waals surface area contributed by atoms with Crippen LogP contribution in [0.15, 0.2) is 224 Å². The summed E-state index contributed by atoms with van der Waals surface area (Å²) in [6, 6.07) is 83.3. The molecule has 9 aromatic carbocycles. The van der Waals surface area contributed by atoms with Crippen molar-refractivity contribution >= 4 is 17.1 Å². The molecule has 1 heteroatoms. The third-order valence-electron chi connectivity index (χ3n) is 13.3. The van der Waals surface area contributed by atoms with Crippen molar-refractivity contribution < 1.29 is 0 Å². The molecule has 0 aromatic heterocycles. The zero-order chi connectivity index (χ0) is 44.1. The molecule has 0 saturated heterocycles. The predicted octanol–water partition coefficient (Wildman–Crippen LogP) is 17.1. The van der Waals surface area contributed by atoms with Gasteiger partial charge in [-0.3, -0.25) is 0 Å². The lowest BCUT2D eigenvalue weighted by Crippen LogP contribution is -2.28.